The third-order valence-corrected chi connectivity index (χ3v) is 10.1. The van der Waals surface area contributed by atoms with Gasteiger partial charge in [-0.15, -0.1) is 0 Å². The van der Waals surface area contributed by atoms with Gasteiger partial charge < -0.3 is 0 Å². The lowest BCUT2D eigenvalue weighted by Crippen LogP contribution is -2.30. The van der Waals surface area contributed by atoms with Crippen molar-refractivity contribution < 1.29 is 0 Å². The summed E-state index contributed by atoms with van der Waals surface area (Å²) in [4.78, 5) is 15.3. The summed E-state index contributed by atoms with van der Waals surface area (Å²) in [7, 11) is 0. The van der Waals surface area contributed by atoms with Crippen molar-refractivity contribution >= 4 is 5.57 Å². The Morgan fingerprint density at radius 1 is 0.490 bits per heavy atom. The first-order valence-electron chi connectivity index (χ1n) is 17.2. The first-order chi connectivity index (χ1) is 24.3. The van der Waals surface area contributed by atoms with E-state index in [2.05, 4.69) is 134 Å². The molecule has 0 spiro atoms. The van der Waals surface area contributed by atoms with E-state index in [-0.39, 0.29) is 0 Å². The molecule has 3 aliphatic carbocycles. The first-order valence-corrected chi connectivity index (χ1v) is 17.2. The minimum atomic E-state index is -0.487. The van der Waals surface area contributed by atoms with Gasteiger partial charge in [0.15, 0.2) is 5.82 Å². The first kappa shape index (κ1) is 29.2. The van der Waals surface area contributed by atoms with Crippen LogP contribution in [0.5, 0.6) is 0 Å². The molecule has 3 heteroatoms. The molecule has 3 nitrogen and oxygen atoms in total. The molecule has 9 rings (SSSR count). The topological polar surface area (TPSA) is 38.7 Å². The maximum Gasteiger partial charge on any atom is 0.160 e. The zero-order chi connectivity index (χ0) is 32.6. The highest BCUT2D eigenvalue weighted by Gasteiger charge is 2.47. The number of benzene rings is 4. The molecule has 0 fully saturated rings. The van der Waals surface area contributed by atoms with Gasteiger partial charge in [0.1, 0.15) is 0 Å². The van der Waals surface area contributed by atoms with E-state index in [0.29, 0.717) is 0 Å². The maximum atomic E-state index is 5.19. The van der Waals surface area contributed by atoms with Crippen molar-refractivity contribution in [2.24, 2.45) is 0 Å². The molecule has 0 bridgehead atoms. The predicted molar refractivity (Wildman–Crippen MR) is 201 cm³/mol. The van der Waals surface area contributed by atoms with Crippen molar-refractivity contribution in [3.05, 3.63) is 192 Å². The van der Waals surface area contributed by atoms with Crippen LogP contribution >= 0.6 is 0 Å². The van der Waals surface area contributed by atoms with Crippen LogP contribution in [-0.4, -0.2) is 15.0 Å². The van der Waals surface area contributed by atoms with E-state index in [1.807, 2.05) is 30.5 Å². The minimum absolute atomic E-state index is 0.487. The zero-order valence-electron chi connectivity index (χ0n) is 27.3. The van der Waals surface area contributed by atoms with E-state index in [9.17, 15) is 0 Å². The average Bonchev–Trinajstić information content (AvgIpc) is 3.49. The predicted octanol–water partition coefficient (Wildman–Crippen LogP) is 11.2. The van der Waals surface area contributed by atoms with Crippen molar-refractivity contribution in [2.75, 3.05) is 0 Å². The summed E-state index contributed by atoms with van der Waals surface area (Å²) >= 11 is 0. The molecule has 0 aliphatic heterocycles. The SMILES string of the molecule is C1=CC(c2ccc(-c3cc(-c4ccc5c(c4)-c4ccccc4C5(C4=CCCC=C4)c4ccccn4)nc(-c4ccccc4)n3)cc2)=CCC1. The van der Waals surface area contributed by atoms with Gasteiger partial charge in [-0.1, -0.05) is 134 Å². The number of nitrogens with zero attached hydrogens (tertiary/aromatic N) is 3. The Bertz CT molecular complexity index is 2310. The van der Waals surface area contributed by atoms with Crippen LogP contribution in [0.4, 0.5) is 0 Å². The maximum absolute atomic E-state index is 5.19. The molecule has 4 aromatic carbocycles. The van der Waals surface area contributed by atoms with Gasteiger partial charge in [-0.05, 0) is 88.9 Å². The molecule has 0 saturated carbocycles. The Balaban J connectivity index is 1.22. The lowest BCUT2D eigenvalue weighted by Gasteiger charge is -2.34. The van der Waals surface area contributed by atoms with Crippen molar-refractivity contribution in [3.63, 3.8) is 0 Å². The van der Waals surface area contributed by atoms with Gasteiger partial charge in [0.2, 0.25) is 0 Å². The molecule has 2 aromatic heterocycles. The number of pyridine rings is 1. The summed E-state index contributed by atoms with van der Waals surface area (Å²) in [6.45, 7) is 0. The molecule has 3 aliphatic rings. The van der Waals surface area contributed by atoms with Crippen molar-refractivity contribution in [1.82, 2.24) is 15.0 Å². The summed E-state index contributed by atoms with van der Waals surface area (Å²) in [6.07, 6.45) is 20.0. The van der Waals surface area contributed by atoms with Gasteiger partial charge in [-0.2, -0.15) is 0 Å². The molecule has 1 unspecified atom stereocenters. The van der Waals surface area contributed by atoms with E-state index in [4.69, 9.17) is 15.0 Å². The molecule has 0 amide bonds. The normalized spacial score (nSPS) is 17.6. The van der Waals surface area contributed by atoms with Gasteiger partial charge in [-0.3, -0.25) is 4.98 Å². The van der Waals surface area contributed by atoms with E-state index < -0.39 is 5.41 Å². The average molecular weight is 630 g/mol. The second-order valence-electron chi connectivity index (χ2n) is 13.0. The van der Waals surface area contributed by atoms with Gasteiger partial charge >= 0.3 is 0 Å². The van der Waals surface area contributed by atoms with Gasteiger partial charge in [0.05, 0.1) is 22.5 Å². The highest BCUT2D eigenvalue weighted by atomic mass is 14.9. The van der Waals surface area contributed by atoms with Crippen LogP contribution in [0.25, 0.3) is 50.6 Å². The molecule has 234 valence electrons. The molecular weight excluding hydrogens is 595 g/mol. The van der Waals surface area contributed by atoms with Crippen molar-refractivity contribution in [2.45, 2.75) is 31.1 Å². The number of rotatable bonds is 6. The molecule has 0 N–H and O–H groups in total. The Labute approximate surface area is 287 Å². The third-order valence-electron chi connectivity index (χ3n) is 10.1. The molecular formula is C46H35N3. The smallest absolute Gasteiger partial charge is 0.160 e. The van der Waals surface area contributed by atoms with Crippen LogP contribution in [0.1, 0.15) is 48.1 Å². The number of allylic oxidation sites excluding steroid dienone is 8. The number of hydrogen-bond acceptors (Lipinski definition) is 3. The van der Waals surface area contributed by atoms with Gasteiger partial charge in [-0.25, -0.2) is 9.97 Å². The number of fused-ring (bicyclic) bond motifs is 3. The fourth-order valence-electron chi connectivity index (χ4n) is 7.77. The monoisotopic (exact) mass is 629 g/mol. The molecule has 0 radical (unpaired) electrons. The van der Waals surface area contributed by atoms with Crippen LogP contribution in [-0.2, 0) is 5.41 Å². The summed E-state index contributed by atoms with van der Waals surface area (Å²) in [5.74, 6) is 0.719. The summed E-state index contributed by atoms with van der Waals surface area (Å²) < 4.78 is 0. The van der Waals surface area contributed by atoms with Crippen molar-refractivity contribution in [1.29, 1.82) is 0 Å². The molecule has 0 saturated heterocycles. The standard InChI is InChI=1S/C46H35N3/c1-4-14-32(15-5-1)33-23-25-34(26-24-33)42-31-43(49-45(48-42)35-16-6-2-7-17-35)36-27-28-41-39(30-36)38-20-10-11-21-40(38)46(41,37-18-8-3-9-19-37)44-22-12-13-29-47-44/h2,4,6-8,10-31H,1,3,5,9H2. The molecule has 1 atom stereocenters. The third kappa shape index (κ3) is 5.01. The molecule has 6 aromatic rings. The van der Waals surface area contributed by atoms with E-state index >= 15 is 0 Å². The van der Waals surface area contributed by atoms with Crippen LogP contribution in [0.15, 0.2) is 170 Å². The second-order valence-corrected chi connectivity index (χ2v) is 13.0. The van der Waals surface area contributed by atoms with E-state index in [1.165, 1.54) is 39.0 Å². The lowest BCUT2D eigenvalue weighted by molar-refractivity contribution is 0.721. The number of hydrogen-bond donors (Lipinski definition) is 0. The fourth-order valence-corrected chi connectivity index (χ4v) is 7.77. The van der Waals surface area contributed by atoms with Gasteiger partial charge in [0, 0.05) is 22.9 Å². The molecule has 49 heavy (non-hydrogen) atoms. The summed E-state index contributed by atoms with van der Waals surface area (Å²) in [5.41, 5.74) is 14.3. The highest BCUT2D eigenvalue weighted by molar-refractivity contribution is 5.89. The highest BCUT2D eigenvalue weighted by Crippen LogP contribution is 2.57. The fraction of sp³-hybridized carbons (Fsp3) is 0.109. The Hall–Kier alpha value is -5.93. The summed E-state index contributed by atoms with van der Waals surface area (Å²) in [6, 6.07) is 43.2. The number of aromatic nitrogens is 3. The van der Waals surface area contributed by atoms with E-state index in [0.717, 1.165) is 65.3 Å². The quantitative estimate of drug-likeness (QED) is 0.184. The molecule has 2 heterocycles. The Morgan fingerprint density at radius 3 is 1.94 bits per heavy atom. The van der Waals surface area contributed by atoms with Crippen LogP contribution < -0.4 is 0 Å². The summed E-state index contributed by atoms with van der Waals surface area (Å²) in [5, 5.41) is 0. The largest absolute Gasteiger partial charge is 0.260 e. The lowest BCUT2D eigenvalue weighted by atomic mass is 9.68. The Kier molecular flexibility index (Phi) is 7.31. The Morgan fingerprint density at radius 2 is 1.18 bits per heavy atom. The van der Waals surface area contributed by atoms with E-state index in [1.54, 1.807) is 0 Å². The minimum Gasteiger partial charge on any atom is -0.260 e. The van der Waals surface area contributed by atoms with Crippen LogP contribution in [0.2, 0.25) is 0 Å². The second kappa shape index (κ2) is 12.3. The van der Waals surface area contributed by atoms with Crippen molar-refractivity contribution in [3.8, 4) is 45.0 Å². The van der Waals surface area contributed by atoms with Crippen LogP contribution in [0.3, 0.4) is 0 Å². The van der Waals surface area contributed by atoms with Gasteiger partial charge in [0.25, 0.3) is 0 Å². The van der Waals surface area contributed by atoms with Crippen LogP contribution in [0, 0.1) is 0 Å². The zero-order valence-corrected chi connectivity index (χ0v) is 27.3.